The van der Waals surface area contributed by atoms with Crippen molar-refractivity contribution in [3.8, 4) is 0 Å². The van der Waals surface area contributed by atoms with Crippen LogP contribution in [0.4, 0.5) is 0 Å². The minimum absolute atomic E-state index is 0.564. The van der Waals surface area contributed by atoms with Crippen LogP contribution in [-0.4, -0.2) is 7.05 Å². The molecule has 19 heavy (non-hydrogen) atoms. The number of hydrogen-bond acceptors (Lipinski definition) is 1. The van der Waals surface area contributed by atoms with E-state index in [2.05, 4.69) is 43.6 Å². The van der Waals surface area contributed by atoms with Crippen molar-refractivity contribution >= 4 is 0 Å². The van der Waals surface area contributed by atoms with Crippen molar-refractivity contribution in [1.82, 2.24) is 5.32 Å². The van der Waals surface area contributed by atoms with Crippen molar-refractivity contribution in [3.05, 3.63) is 35.4 Å². The summed E-state index contributed by atoms with van der Waals surface area (Å²) < 4.78 is 0. The van der Waals surface area contributed by atoms with Gasteiger partial charge in [0, 0.05) is 6.04 Å². The molecule has 0 aliphatic heterocycles. The zero-order valence-corrected chi connectivity index (χ0v) is 12.4. The highest BCUT2D eigenvalue weighted by Gasteiger charge is 2.33. The second kappa shape index (κ2) is 5.66. The number of rotatable bonds is 4. The molecule has 1 aromatic rings. The molecule has 1 N–H and O–H groups in total. The molecule has 104 valence electrons. The van der Waals surface area contributed by atoms with Crippen molar-refractivity contribution in [2.75, 3.05) is 7.05 Å². The lowest BCUT2D eigenvalue weighted by atomic mass is 9.75. The van der Waals surface area contributed by atoms with Gasteiger partial charge in [0.1, 0.15) is 0 Å². The predicted octanol–water partition coefficient (Wildman–Crippen LogP) is 4.65. The van der Waals surface area contributed by atoms with Crippen LogP contribution < -0.4 is 5.32 Å². The van der Waals surface area contributed by atoms with Gasteiger partial charge in [-0.25, -0.2) is 0 Å². The summed E-state index contributed by atoms with van der Waals surface area (Å²) in [7, 11) is 2.15. The first-order valence-corrected chi connectivity index (χ1v) is 8.07. The van der Waals surface area contributed by atoms with Gasteiger partial charge >= 0.3 is 0 Å². The number of hydrogen-bond donors (Lipinski definition) is 1. The molecule has 0 saturated heterocycles. The van der Waals surface area contributed by atoms with E-state index in [1.165, 1.54) is 38.5 Å². The maximum Gasteiger partial charge on any atom is 0.0351 e. The summed E-state index contributed by atoms with van der Waals surface area (Å²) in [5.74, 6) is 2.53. The summed E-state index contributed by atoms with van der Waals surface area (Å²) in [4.78, 5) is 0. The molecule has 1 aromatic carbocycles. The summed E-state index contributed by atoms with van der Waals surface area (Å²) >= 11 is 0. The summed E-state index contributed by atoms with van der Waals surface area (Å²) in [6, 6.07) is 9.76. The van der Waals surface area contributed by atoms with Gasteiger partial charge in [-0.05, 0) is 55.2 Å². The molecule has 0 bridgehead atoms. The van der Waals surface area contributed by atoms with E-state index < -0.39 is 0 Å². The lowest BCUT2D eigenvalue weighted by Gasteiger charge is -2.33. The molecular weight excluding hydrogens is 230 g/mol. The van der Waals surface area contributed by atoms with Gasteiger partial charge in [-0.1, -0.05) is 50.5 Å². The van der Waals surface area contributed by atoms with Crippen LogP contribution in [0.1, 0.15) is 68.5 Å². The monoisotopic (exact) mass is 257 g/mol. The topological polar surface area (TPSA) is 12.0 Å². The van der Waals surface area contributed by atoms with E-state index in [-0.39, 0.29) is 0 Å². The fourth-order valence-electron chi connectivity index (χ4n) is 4.15. The molecule has 0 spiro atoms. The maximum absolute atomic E-state index is 3.63. The van der Waals surface area contributed by atoms with E-state index in [9.17, 15) is 0 Å². The third kappa shape index (κ3) is 2.45. The first kappa shape index (κ1) is 13.2. The fraction of sp³-hybridized carbons (Fsp3) is 0.667. The Bertz CT molecular complexity index is 421. The highest BCUT2D eigenvalue weighted by Crippen LogP contribution is 2.44. The minimum atomic E-state index is 0.564. The molecule has 3 rings (SSSR count). The molecule has 2 aliphatic rings. The summed E-state index contributed by atoms with van der Waals surface area (Å²) in [5, 5.41) is 3.63. The Kier molecular flexibility index (Phi) is 3.93. The molecule has 1 heteroatoms. The Morgan fingerprint density at radius 2 is 1.79 bits per heavy atom. The van der Waals surface area contributed by atoms with Crippen molar-refractivity contribution in [1.29, 1.82) is 0 Å². The molecule has 1 nitrogen and oxygen atoms in total. The normalized spacial score (nSPS) is 29.2. The first-order valence-electron chi connectivity index (χ1n) is 8.07. The van der Waals surface area contributed by atoms with Crippen LogP contribution >= 0.6 is 0 Å². The van der Waals surface area contributed by atoms with Crippen molar-refractivity contribution in [2.45, 2.75) is 57.4 Å². The summed E-state index contributed by atoms with van der Waals surface area (Å²) in [6.45, 7) is 2.44. The second-order valence-corrected chi connectivity index (χ2v) is 6.60. The zero-order chi connectivity index (χ0) is 13.2. The summed E-state index contributed by atoms with van der Waals surface area (Å²) in [5.41, 5.74) is 3.22. The molecular formula is C18H27N. The van der Waals surface area contributed by atoms with Gasteiger partial charge in [0.05, 0.1) is 0 Å². The molecule has 3 unspecified atom stereocenters. The lowest BCUT2D eigenvalue weighted by molar-refractivity contribution is 0.310. The van der Waals surface area contributed by atoms with Crippen LogP contribution in [0.2, 0.25) is 0 Å². The molecule has 0 radical (unpaired) electrons. The van der Waals surface area contributed by atoms with Crippen LogP contribution in [-0.2, 0) is 0 Å². The maximum atomic E-state index is 3.63. The molecule has 0 amide bonds. The lowest BCUT2D eigenvalue weighted by Crippen LogP contribution is -2.28. The SMILES string of the molecule is CNC(c1ccccc1C1CCC1)C1CCCC1C. The van der Waals surface area contributed by atoms with E-state index in [4.69, 9.17) is 0 Å². The predicted molar refractivity (Wildman–Crippen MR) is 81.3 cm³/mol. The van der Waals surface area contributed by atoms with E-state index in [1.807, 2.05) is 0 Å². The first-order chi connectivity index (χ1) is 9.31. The van der Waals surface area contributed by atoms with E-state index in [1.54, 1.807) is 11.1 Å². The number of benzene rings is 1. The van der Waals surface area contributed by atoms with Crippen LogP contribution in [0.15, 0.2) is 24.3 Å². The average Bonchev–Trinajstić information content (AvgIpc) is 2.77. The van der Waals surface area contributed by atoms with Gasteiger partial charge in [-0.15, -0.1) is 0 Å². The van der Waals surface area contributed by atoms with Crippen molar-refractivity contribution < 1.29 is 0 Å². The zero-order valence-electron chi connectivity index (χ0n) is 12.4. The van der Waals surface area contributed by atoms with Gasteiger partial charge in [0.25, 0.3) is 0 Å². The molecule has 2 aliphatic carbocycles. The van der Waals surface area contributed by atoms with Gasteiger partial charge < -0.3 is 5.32 Å². The number of nitrogens with one attached hydrogen (secondary N) is 1. The smallest absolute Gasteiger partial charge is 0.0351 e. The highest BCUT2D eigenvalue weighted by molar-refractivity contribution is 5.34. The fourth-order valence-corrected chi connectivity index (χ4v) is 4.15. The van der Waals surface area contributed by atoms with Crippen LogP contribution in [0.5, 0.6) is 0 Å². The van der Waals surface area contributed by atoms with Crippen molar-refractivity contribution in [2.24, 2.45) is 11.8 Å². The average molecular weight is 257 g/mol. The Morgan fingerprint density at radius 1 is 1.05 bits per heavy atom. The van der Waals surface area contributed by atoms with Gasteiger partial charge in [0.15, 0.2) is 0 Å². The third-order valence-electron chi connectivity index (χ3n) is 5.54. The summed E-state index contributed by atoms with van der Waals surface area (Å²) in [6.07, 6.45) is 8.43. The van der Waals surface area contributed by atoms with Crippen LogP contribution in [0, 0.1) is 11.8 Å². The third-order valence-corrected chi connectivity index (χ3v) is 5.54. The van der Waals surface area contributed by atoms with Crippen LogP contribution in [0.25, 0.3) is 0 Å². The standard InChI is InChI=1S/C18H27N/c1-13-7-5-12-15(13)18(19-2)17-11-4-3-10-16(17)14-8-6-9-14/h3-4,10-11,13-15,18-19H,5-9,12H2,1-2H3. The van der Waals surface area contributed by atoms with Gasteiger partial charge in [-0.3, -0.25) is 0 Å². The van der Waals surface area contributed by atoms with E-state index in [0.29, 0.717) is 6.04 Å². The van der Waals surface area contributed by atoms with Crippen LogP contribution in [0.3, 0.4) is 0 Å². The molecule has 2 fully saturated rings. The van der Waals surface area contributed by atoms with Gasteiger partial charge in [-0.2, -0.15) is 0 Å². The molecule has 0 aromatic heterocycles. The Labute approximate surface area is 117 Å². The van der Waals surface area contributed by atoms with E-state index in [0.717, 1.165) is 17.8 Å². The van der Waals surface area contributed by atoms with Crippen molar-refractivity contribution in [3.63, 3.8) is 0 Å². The Balaban J connectivity index is 1.90. The largest absolute Gasteiger partial charge is 0.313 e. The Hall–Kier alpha value is -0.820. The van der Waals surface area contributed by atoms with Gasteiger partial charge in [0.2, 0.25) is 0 Å². The molecule has 0 heterocycles. The molecule has 2 saturated carbocycles. The highest BCUT2D eigenvalue weighted by atomic mass is 14.9. The molecule has 3 atom stereocenters. The van der Waals surface area contributed by atoms with E-state index >= 15 is 0 Å². The minimum Gasteiger partial charge on any atom is -0.313 e. The Morgan fingerprint density at radius 3 is 2.37 bits per heavy atom. The quantitative estimate of drug-likeness (QED) is 0.828. The second-order valence-electron chi connectivity index (χ2n) is 6.60.